The average Bonchev–Trinajstić information content (AvgIpc) is 2.27. The van der Waals surface area contributed by atoms with Crippen LogP contribution in [0.5, 0.6) is 0 Å². The maximum absolute atomic E-state index is 11.6. The van der Waals surface area contributed by atoms with Crippen LogP contribution in [0.1, 0.15) is 26.2 Å². The minimum absolute atomic E-state index is 0.0810. The van der Waals surface area contributed by atoms with Crippen molar-refractivity contribution in [2.45, 2.75) is 32.2 Å². The number of sulfonamides is 1. The van der Waals surface area contributed by atoms with E-state index in [1.54, 1.807) is 0 Å². The molecule has 0 rings (SSSR count). The summed E-state index contributed by atoms with van der Waals surface area (Å²) in [6, 6.07) is -0.219. The Morgan fingerprint density at radius 2 is 2.00 bits per heavy atom. The number of nitrogens with one attached hydrogen (secondary N) is 1. The topological polar surface area (TPSA) is 81.7 Å². The second-order valence-electron chi connectivity index (χ2n) is 3.68. The Morgan fingerprint density at radius 3 is 2.47 bits per heavy atom. The van der Waals surface area contributed by atoms with Crippen LogP contribution in [0.2, 0.25) is 0 Å². The highest BCUT2D eigenvalue weighted by molar-refractivity contribution is 7.89. The minimum atomic E-state index is -3.36. The summed E-state index contributed by atoms with van der Waals surface area (Å²) in [6.07, 6.45) is 1.02. The third-order valence-electron chi connectivity index (χ3n) is 2.23. The molecule has 0 aliphatic carbocycles. The Hall–Kier alpha value is -0.660. The van der Waals surface area contributed by atoms with E-state index in [1.165, 1.54) is 14.2 Å². The molecule has 17 heavy (non-hydrogen) atoms. The lowest BCUT2D eigenvalue weighted by Crippen LogP contribution is -2.38. The second-order valence-corrected chi connectivity index (χ2v) is 5.55. The van der Waals surface area contributed by atoms with E-state index in [9.17, 15) is 13.2 Å². The number of esters is 1. The van der Waals surface area contributed by atoms with E-state index in [1.807, 2.05) is 6.92 Å². The zero-order valence-electron chi connectivity index (χ0n) is 10.6. The SMILES string of the molecule is CCC(COC)NS(=O)(=O)CCCC(=O)OC. The fourth-order valence-electron chi connectivity index (χ4n) is 1.26. The Morgan fingerprint density at radius 1 is 1.35 bits per heavy atom. The molecule has 102 valence electrons. The van der Waals surface area contributed by atoms with Crippen molar-refractivity contribution < 1.29 is 22.7 Å². The highest BCUT2D eigenvalue weighted by Gasteiger charge is 2.16. The van der Waals surface area contributed by atoms with E-state index in [-0.39, 0.29) is 24.6 Å². The lowest BCUT2D eigenvalue weighted by molar-refractivity contribution is -0.140. The van der Waals surface area contributed by atoms with Crippen LogP contribution in [0.25, 0.3) is 0 Å². The second kappa shape index (κ2) is 8.43. The minimum Gasteiger partial charge on any atom is -0.469 e. The highest BCUT2D eigenvalue weighted by Crippen LogP contribution is 2.00. The molecule has 0 aromatic carbocycles. The van der Waals surface area contributed by atoms with Crippen LogP contribution in [0.4, 0.5) is 0 Å². The lowest BCUT2D eigenvalue weighted by Gasteiger charge is -2.15. The standard InChI is InChI=1S/C10H21NO5S/c1-4-9(8-15-2)11-17(13,14)7-5-6-10(12)16-3/h9,11H,4-8H2,1-3H3. The normalized spacial score (nSPS) is 13.4. The molecule has 0 radical (unpaired) electrons. The van der Waals surface area contributed by atoms with Crippen molar-refractivity contribution in [3.05, 3.63) is 0 Å². The van der Waals surface area contributed by atoms with E-state index in [0.29, 0.717) is 13.0 Å². The van der Waals surface area contributed by atoms with Crippen molar-refractivity contribution in [3.63, 3.8) is 0 Å². The van der Waals surface area contributed by atoms with Gasteiger partial charge in [0, 0.05) is 19.6 Å². The van der Waals surface area contributed by atoms with Crippen LogP contribution < -0.4 is 4.72 Å². The average molecular weight is 267 g/mol. The molecule has 0 bridgehead atoms. The van der Waals surface area contributed by atoms with Crippen LogP contribution in [0.15, 0.2) is 0 Å². The van der Waals surface area contributed by atoms with Crippen LogP contribution >= 0.6 is 0 Å². The molecule has 1 atom stereocenters. The summed E-state index contributed by atoms with van der Waals surface area (Å²) in [5.74, 6) is -0.480. The third-order valence-corrected chi connectivity index (χ3v) is 3.75. The summed E-state index contributed by atoms with van der Waals surface area (Å²) in [7, 11) is -0.556. The fourth-order valence-corrected chi connectivity index (χ4v) is 2.64. The fraction of sp³-hybridized carbons (Fsp3) is 0.900. The molecule has 0 aliphatic rings. The van der Waals surface area contributed by atoms with Gasteiger partial charge in [0.2, 0.25) is 10.0 Å². The number of methoxy groups -OCH3 is 2. The summed E-state index contributed by atoms with van der Waals surface area (Å²) >= 11 is 0. The molecule has 1 N–H and O–H groups in total. The molecule has 0 saturated carbocycles. The maximum atomic E-state index is 11.6. The highest BCUT2D eigenvalue weighted by atomic mass is 32.2. The molecule has 0 fully saturated rings. The molecule has 6 nitrogen and oxygen atoms in total. The molecule has 0 aliphatic heterocycles. The quantitative estimate of drug-likeness (QED) is 0.607. The molecule has 0 amide bonds. The lowest BCUT2D eigenvalue weighted by atomic mass is 10.3. The number of ether oxygens (including phenoxy) is 2. The predicted molar refractivity (Wildman–Crippen MR) is 64.1 cm³/mol. The Balaban J connectivity index is 4.06. The van der Waals surface area contributed by atoms with Gasteiger partial charge in [-0.1, -0.05) is 6.92 Å². The smallest absolute Gasteiger partial charge is 0.305 e. The first-order chi connectivity index (χ1) is 7.95. The van der Waals surface area contributed by atoms with E-state index >= 15 is 0 Å². The van der Waals surface area contributed by atoms with Gasteiger partial charge in [0.05, 0.1) is 19.5 Å². The molecule has 7 heteroatoms. The number of carbonyl (C=O) groups excluding carboxylic acids is 1. The van der Waals surface area contributed by atoms with Gasteiger partial charge in [-0.2, -0.15) is 0 Å². The molecule has 0 heterocycles. The molecule has 0 aromatic rings. The zero-order chi connectivity index (χ0) is 13.3. The molecule has 0 aromatic heterocycles. The van der Waals surface area contributed by atoms with Crippen LogP contribution in [0.3, 0.4) is 0 Å². The van der Waals surface area contributed by atoms with Gasteiger partial charge in [-0.15, -0.1) is 0 Å². The predicted octanol–water partition coefficient (Wildman–Crippen LogP) is 0.284. The van der Waals surface area contributed by atoms with Crippen molar-refractivity contribution in [1.82, 2.24) is 4.72 Å². The molecule has 0 saturated heterocycles. The Kier molecular flexibility index (Phi) is 8.11. The van der Waals surface area contributed by atoms with Crippen molar-refractivity contribution in [2.75, 3.05) is 26.6 Å². The van der Waals surface area contributed by atoms with E-state index in [4.69, 9.17) is 4.74 Å². The Bertz CT molecular complexity index is 315. The van der Waals surface area contributed by atoms with Crippen LogP contribution in [0, 0.1) is 0 Å². The summed E-state index contributed by atoms with van der Waals surface area (Å²) in [4.78, 5) is 10.8. The van der Waals surface area contributed by atoms with E-state index in [2.05, 4.69) is 9.46 Å². The van der Waals surface area contributed by atoms with Gasteiger partial charge in [0.1, 0.15) is 0 Å². The maximum Gasteiger partial charge on any atom is 0.305 e. The van der Waals surface area contributed by atoms with E-state index < -0.39 is 16.0 Å². The summed E-state index contributed by atoms with van der Waals surface area (Å²) < 4.78 is 35.1. The van der Waals surface area contributed by atoms with Crippen molar-refractivity contribution in [2.24, 2.45) is 0 Å². The number of hydrogen-bond donors (Lipinski definition) is 1. The van der Waals surface area contributed by atoms with Crippen molar-refractivity contribution in [1.29, 1.82) is 0 Å². The van der Waals surface area contributed by atoms with Crippen molar-refractivity contribution >= 4 is 16.0 Å². The van der Waals surface area contributed by atoms with Gasteiger partial charge >= 0.3 is 5.97 Å². The monoisotopic (exact) mass is 267 g/mol. The van der Waals surface area contributed by atoms with Gasteiger partial charge in [0.25, 0.3) is 0 Å². The summed E-state index contributed by atoms with van der Waals surface area (Å²) in [6.45, 7) is 2.22. The van der Waals surface area contributed by atoms with Crippen LogP contribution in [-0.4, -0.2) is 47.0 Å². The first-order valence-corrected chi connectivity index (χ1v) is 7.16. The molecular weight excluding hydrogens is 246 g/mol. The number of rotatable bonds is 9. The molecular formula is C10H21NO5S. The summed E-state index contributed by atoms with van der Waals surface area (Å²) in [5, 5.41) is 0. The van der Waals surface area contributed by atoms with Gasteiger partial charge in [0.15, 0.2) is 0 Å². The number of carbonyl (C=O) groups is 1. The third kappa shape index (κ3) is 8.12. The Labute approximate surface area is 103 Å². The van der Waals surface area contributed by atoms with E-state index in [0.717, 1.165) is 0 Å². The largest absolute Gasteiger partial charge is 0.469 e. The van der Waals surface area contributed by atoms with Gasteiger partial charge in [-0.05, 0) is 12.8 Å². The van der Waals surface area contributed by atoms with Crippen LogP contribution in [-0.2, 0) is 24.3 Å². The van der Waals surface area contributed by atoms with Gasteiger partial charge in [-0.25, -0.2) is 13.1 Å². The molecule has 0 spiro atoms. The van der Waals surface area contributed by atoms with Crippen molar-refractivity contribution in [3.8, 4) is 0 Å². The van der Waals surface area contributed by atoms with Gasteiger partial charge < -0.3 is 9.47 Å². The van der Waals surface area contributed by atoms with Gasteiger partial charge in [-0.3, -0.25) is 4.79 Å². The first-order valence-electron chi connectivity index (χ1n) is 5.51. The summed E-state index contributed by atoms with van der Waals surface area (Å²) in [5.41, 5.74) is 0. The first kappa shape index (κ1) is 16.3. The number of hydrogen-bond acceptors (Lipinski definition) is 5. The molecule has 1 unspecified atom stereocenters. The zero-order valence-corrected chi connectivity index (χ0v) is 11.4.